The van der Waals surface area contributed by atoms with Crippen LogP contribution in [0.5, 0.6) is 0 Å². The zero-order valence-corrected chi connectivity index (χ0v) is 36.2. The SMILES string of the molecule is CC[C@H](CC[C@@]1(C)[C@H](C)CC[C@]2(C)[C@@H]1CC[C@@H]1C3=C(C(C)C)C(=O)C[C@]3(c3nnc(-c4ncc(Cl)cn4)n3CCNC)CC[C@]12C)OC(=O)CC(C)(C)C(=O)O. The first-order chi connectivity index (χ1) is 26.3. The maximum atomic E-state index is 14.4. The van der Waals surface area contributed by atoms with Crippen LogP contribution in [0.2, 0.25) is 5.02 Å². The quantitative estimate of drug-likeness (QED) is 0.178. The molecule has 0 aliphatic heterocycles. The van der Waals surface area contributed by atoms with Crippen LogP contribution >= 0.6 is 11.6 Å². The molecule has 0 bridgehead atoms. The van der Waals surface area contributed by atoms with Crippen molar-refractivity contribution < 1.29 is 24.2 Å². The van der Waals surface area contributed by atoms with Gasteiger partial charge in [0.1, 0.15) is 11.9 Å². The van der Waals surface area contributed by atoms with Crippen molar-refractivity contribution in [1.29, 1.82) is 0 Å². The predicted molar refractivity (Wildman–Crippen MR) is 217 cm³/mol. The van der Waals surface area contributed by atoms with E-state index in [-0.39, 0.29) is 46.4 Å². The second-order valence-electron chi connectivity index (χ2n) is 19.4. The summed E-state index contributed by atoms with van der Waals surface area (Å²) in [5.74, 6) is 1.99. The van der Waals surface area contributed by atoms with E-state index in [9.17, 15) is 19.5 Å². The number of carbonyl (C=O) groups excluding carboxylic acids is 2. The topological polar surface area (TPSA) is 149 Å². The van der Waals surface area contributed by atoms with Crippen molar-refractivity contribution in [2.45, 2.75) is 151 Å². The van der Waals surface area contributed by atoms with E-state index in [4.69, 9.17) is 26.5 Å². The number of likely N-dealkylation sites (N-methyl/N-ethyl adjacent to an activating group) is 1. The molecule has 2 aromatic heterocycles. The fourth-order valence-corrected chi connectivity index (χ4v) is 12.1. The van der Waals surface area contributed by atoms with Crippen LogP contribution in [0, 0.1) is 45.3 Å². The Hall–Kier alpha value is -3.18. The van der Waals surface area contributed by atoms with Crippen LogP contribution < -0.4 is 5.32 Å². The smallest absolute Gasteiger partial charge is 0.309 e. The van der Waals surface area contributed by atoms with Crippen molar-refractivity contribution in [3.05, 3.63) is 34.4 Å². The number of hydrogen-bond acceptors (Lipinski definition) is 9. The van der Waals surface area contributed by atoms with E-state index in [0.717, 1.165) is 62.8 Å². The summed E-state index contributed by atoms with van der Waals surface area (Å²) in [4.78, 5) is 48.1. The molecule has 12 heteroatoms. The lowest BCUT2D eigenvalue weighted by atomic mass is 9.35. The molecule has 2 heterocycles. The highest BCUT2D eigenvalue weighted by molar-refractivity contribution is 6.30. The van der Waals surface area contributed by atoms with Gasteiger partial charge in [0.25, 0.3) is 0 Å². The first kappa shape index (κ1) is 42.4. The Morgan fingerprint density at radius 3 is 2.39 bits per heavy atom. The number of halogens is 1. The van der Waals surface area contributed by atoms with E-state index in [0.29, 0.717) is 54.4 Å². The number of Topliss-reactive ketones (excluding diaryl/α,β-unsaturated/α-hetero) is 1. The highest BCUT2D eigenvalue weighted by Crippen LogP contribution is 2.74. The van der Waals surface area contributed by atoms with Gasteiger partial charge in [-0.15, -0.1) is 10.2 Å². The van der Waals surface area contributed by atoms with Gasteiger partial charge in [-0.1, -0.05) is 60.1 Å². The van der Waals surface area contributed by atoms with Crippen molar-refractivity contribution in [3.63, 3.8) is 0 Å². The average molecular weight is 793 g/mol. The summed E-state index contributed by atoms with van der Waals surface area (Å²) >= 11 is 6.17. The van der Waals surface area contributed by atoms with Gasteiger partial charge in [0, 0.05) is 31.9 Å². The minimum absolute atomic E-state index is 0.0239. The third-order valence-electron chi connectivity index (χ3n) is 15.7. The van der Waals surface area contributed by atoms with Gasteiger partial charge in [0.15, 0.2) is 11.6 Å². The van der Waals surface area contributed by atoms with Gasteiger partial charge in [-0.25, -0.2) is 9.97 Å². The number of esters is 1. The summed E-state index contributed by atoms with van der Waals surface area (Å²) in [7, 11) is 1.93. The molecule has 2 aromatic rings. The first-order valence-corrected chi connectivity index (χ1v) is 21.4. The van der Waals surface area contributed by atoms with Gasteiger partial charge in [0.2, 0.25) is 5.82 Å². The van der Waals surface area contributed by atoms with Gasteiger partial charge in [0.05, 0.1) is 22.3 Å². The first-order valence-electron chi connectivity index (χ1n) is 21.1. The van der Waals surface area contributed by atoms with Crippen molar-refractivity contribution in [3.8, 4) is 11.6 Å². The highest BCUT2D eigenvalue weighted by atomic mass is 35.5. The molecule has 4 aliphatic rings. The Balaban J connectivity index is 1.35. The molecule has 308 valence electrons. The molecular formula is C44H65ClN6O5. The number of carbonyl (C=O) groups is 3. The maximum absolute atomic E-state index is 14.4. The number of hydrogen-bond donors (Lipinski definition) is 2. The molecule has 3 fully saturated rings. The molecule has 4 aliphatic carbocycles. The van der Waals surface area contributed by atoms with Crippen LogP contribution in [0.15, 0.2) is 23.5 Å². The van der Waals surface area contributed by atoms with Gasteiger partial charge in [-0.3, -0.25) is 14.4 Å². The third kappa shape index (κ3) is 6.94. The number of ketones is 1. The number of rotatable bonds is 14. The fraction of sp³-hybridized carbons (Fsp3) is 0.750. The number of carboxylic acid groups (broad SMARTS) is 1. The number of nitrogens with one attached hydrogen (secondary N) is 1. The minimum Gasteiger partial charge on any atom is -0.481 e. The van der Waals surface area contributed by atoms with E-state index < -0.39 is 22.8 Å². The summed E-state index contributed by atoms with van der Waals surface area (Å²) in [6.45, 7) is 20.8. The molecule has 0 unspecified atom stereocenters. The number of nitrogens with zero attached hydrogens (tertiary/aromatic N) is 5. The second-order valence-corrected chi connectivity index (χ2v) is 19.8. The molecule has 0 aromatic carbocycles. The number of fused-ring (bicyclic) bond motifs is 5. The third-order valence-corrected chi connectivity index (χ3v) is 15.9. The second kappa shape index (κ2) is 15.5. The van der Waals surface area contributed by atoms with Gasteiger partial charge < -0.3 is 19.7 Å². The maximum Gasteiger partial charge on any atom is 0.309 e. The Labute approximate surface area is 338 Å². The summed E-state index contributed by atoms with van der Waals surface area (Å²) in [5, 5.41) is 23.0. The lowest BCUT2D eigenvalue weighted by Gasteiger charge is -2.69. The summed E-state index contributed by atoms with van der Waals surface area (Å²) < 4.78 is 8.12. The normalized spacial score (nSPS) is 32.2. The molecule has 6 rings (SSSR count). The van der Waals surface area contributed by atoms with Crippen LogP contribution in [-0.4, -0.2) is 67.3 Å². The van der Waals surface area contributed by atoms with Crippen molar-refractivity contribution in [1.82, 2.24) is 30.0 Å². The van der Waals surface area contributed by atoms with E-state index in [1.807, 2.05) is 14.0 Å². The number of aromatic nitrogens is 5. The lowest BCUT2D eigenvalue weighted by Crippen LogP contribution is -2.62. The average Bonchev–Trinajstić information content (AvgIpc) is 3.70. The number of allylic oxidation sites excluding steroid dienone is 2. The van der Waals surface area contributed by atoms with Crippen LogP contribution in [0.25, 0.3) is 11.6 Å². The summed E-state index contributed by atoms with van der Waals surface area (Å²) in [6, 6.07) is 0. The molecule has 11 nitrogen and oxygen atoms in total. The number of aliphatic carboxylic acids is 1. The van der Waals surface area contributed by atoms with Crippen molar-refractivity contribution in [2.75, 3.05) is 13.6 Å². The molecule has 8 atom stereocenters. The van der Waals surface area contributed by atoms with E-state index >= 15 is 0 Å². The zero-order valence-electron chi connectivity index (χ0n) is 35.4. The Kier molecular flexibility index (Phi) is 11.8. The predicted octanol–water partition coefficient (Wildman–Crippen LogP) is 8.64. The molecule has 0 radical (unpaired) electrons. The van der Waals surface area contributed by atoms with Gasteiger partial charge in [-0.05, 0) is 130 Å². The Morgan fingerprint density at radius 2 is 1.77 bits per heavy atom. The van der Waals surface area contributed by atoms with Crippen LogP contribution in [0.4, 0.5) is 0 Å². The minimum atomic E-state index is -1.17. The standard InChI is InChI=1S/C44H65ClN6O5/c1-11-29(56-33(53)23-40(5,6)39(54)55)15-16-41(7)27(4)14-17-43(9)32(41)13-12-30-35-34(26(2)3)31(52)22-44(35,19-18-42(30,43)8)38-50-49-37(51(38)21-20-46-10)36-47-24-28(45)25-48-36/h24-27,29-30,32,46H,11-23H2,1-10H3,(H,54,55)/t27-,29-,30-,32-,41+,42-,43-,44-/m1/s1. The zero-order chi connectivity index (χ0) is 41.0. The monoisotopic (exact) mass is 792 g/mol. The Bertz CT molecular complexity index is 1860. The van der Waals surface area contributed by atoms with Crippen LogP contribution in [-0.2, 0) is 31.1 Å². The van der Waals surface area contributed by atoms with E-state index in [2.05, 4.69) is 61.4 Å². The molecule has 2 N–H and O–H groups in total. The van der Waals surface area contributed by atoms with Gasteiger partial charge in [-0.2, -0.15) is 0 Å². The fourth-order valence-electron chi connectivity index (χ4n) is 12.0. The van der Waals surface area contributed by atoms with E-state index in [1.54, 1.807) is 26.2 Å². The lowest BCUT2D eigenvalue weighted by molar-refractivity contribution is -0.184. The largest absolute Gasteiger partial charge is 0.481 e. The van der Waals surface area contributed by atoms with Crippen molar-refractivity contribution >= 4 is 29.3 Å². The molecule has 3 saturated carbocycles. The molecule has 0 saturated heterocycles. The van der Waals surface area contributed by atoms with Gasteiger partial charge >= 0.3 is 11.9 Å². The van der Waals surface area contributed by atoms with Crippen molar-refractivity contribution in [2.24, 2.45) is 45.3 Å². The highest BCUT2D eigenvalue weighted by Gasteiger charge is 2.68. The summed E-state index contributed by atoms with van der Waals surface area (Å²) in [6.07, 6.45) is 11.7. The molecular weight excluding hydrogens is 728 g/mol. The number of ether oxygens (including phenoxy) is 1. The number of carboxylic acids is 1. The molecule has 0 spiro atoms. The summed E-state index contributed by atoms with van der Waals surface area (Å²) in [5.41, 5.74) is 0.604. The van der Waals surface area contributed by atoms with E-state index in [1.165, 1.54) is 5.57 Å². The Morgan fingerprint density at radius 1 is 1.07 bits per heavy atom. The van der Waals surface area contributed by atoms with Crippen LogP contribution in [0.3, 0.4) is 0 Å². The molecule has 56 heavy (non-hydrogen) atoms. The molecule has 0 amide bonds. The van der Waals surface area contributed by atoms with Crippen LogP contribution in [0.1, 0.15) is 139 Å².